The fraction of sp³-hybridized carbons (Fsp3) is 0.333. The maximum atomic E-state index is 12.1. The number of ether oxygens (including phenoxy) is 1. The van der Waals surface area contributed by atoms with Crippen molar-refractivity contribution >= 4 is 23.5 Å². The van der Waals surface area contributed by atoms with Crippen molar-refractivity contribution in [2.24, 2.45) is 0 Å². The number of nitrogens with zero attached hydrogens (tertiary/aromatic N) is 3. The average molecular weight is 317 g/mol. The smallest absolute Gasteiger partial charge is 0.412 e. The van der Waals surface area contributed by atoms with Crippen LogP contribution in [0.1, 0.15) is 19.4 Å². The van der Waals surface area contributed by atoms with E-state index in [0.29, 0.717) is 0 Å². The molecule has 0 saturated carbocycles. The standard InChI is InChI=1S/C15H19N5O3/c1-3-11-7-5-6-8-12(11)16-14(21)10-20-9-13(18-19-20)17-15(22)23-4-2/h5-9H,3-4,10H2,1-2H3,(H,16,21)(H,17,22). The minimum Gasteiger partial charge on any atom is -0.450 e. The van der Waals surface area contributed by atoms with E-state index >= 15 is 0 Å². The number of carbonyl (C=O) groups excluding carboxylic acids is 2. The number of amides is 2. The van der Waals surface area contributed by atoms with E-state index in [0.717, 1.165) is 17.7 Å². The molecule has 0 bridgehead atoms. The molecule has 0 saturated heterocycles. The Labute approximate surface area is 133 Å². The first-order valence-electron chi connectivity index (χ1n) is 7.34. The van der Waals surface area contributed by atoms with Gasteiger partial charge in [0.05, 0.1) is 12.8 Å². The highest BCUT2D eigenvalue weighted by Crippen LogP contribution is 2.15. The maximum Gasteiger partial charge on any atom is 0.412 e. The summed E-state index contributed by atoms with van der Waals surface area (Å²) in [5.41, 5.74) is 1.84. The van der Waals surface area contributed by atoms with Crippen LogP contribution < -0.4 is 10.6 Å². The SMILES string of the molecule is CCOC(=O)Nc1cn(CC(=O)Nc2ccccc2CC)nn1. The van der Waals surface area contributed by atoms with Gasteiger partial charge in [-0.2, -0.15) is 0 Å². The number of aryl methyl sites for hydroxylation is 1. The molecule has 1 aromatic heterocycles. The lowest BCUT2D eigenvalue weighted by molar-refractivity contribution is -0.116. The number of rotatable bonds is 6. The van der Waals surface area contributed by atoms with E-state index in [2.05, 4.69) is 20.9 Å². The predicted octanol–water partition coefficient (Wildman–Crippen LogP) is 2.05. The van der Waals surface area contributed by atoms with Gasteiger partial charge < -0.3 is 10.1 Å². The second-order valence-corrected chi connectivity index (χ2v) is 4.71. The van der Waals surface area contributed by atoms with Crippen LogP contribution in [0.2, 0.25) is 0 Å². The van der Waals surface area contributed by atoms with Crippen molar-refractivity contribution in [1.29, 1.82) is 0 Å². The molecule has 0 spiro atoms. The number of carbonyl (C=O) groups is 2. The normalized spacial score (nSPS) is 10.2. The first-order valence-corrected chi connectivity index (χ1v) is 7.34. The third kappa shape index (κ3) is 4.80. The lowest BCUT2D eigenvalue weighted by atomic mass is 10.1. The van der Waals surface area contributed by atoms with E-state index in [1.807, 2.05) is 31.2 Å². The topological polar surface area (TPSA) is 98.1 Å². The fourth-order valence-electron chi connectivity index (χ4n) is 1.99. The number of benzene rings is 1. The Kier molecular flexibility index (Phi) is 5.67. The van der Waals surface area contributed by atoms with Gasteiger partial charge in [-0.05, 0) is 25.0 Å². The maximum absolute atomic E-state index is 12.1. The molecule has 2 amide bonds. The number of para-hydroxylation sites is 1. The number of hydrogen-bond donors (Lipinski definition) is 2. The molecule has 0 aliphatic rings. The highest BCUT2D eigenvalue weighted by molar-refractivity contribution is 5.91. The Morgan fingerprint density at radius 2 is 2.00 bits per heavy atom. The third-order valence-electron chi connectivity index (χ3n) is 3.02. The van der Waals surface area contributed by atoms with Crippen LogP contribution in [0.4, 0.5) is 16.3 Å². The minimum absolute atomic E-state index is 0.00441. The third-order valence-corrected chi connectivity index (χ3v) is 3.02. The Bertz CT molecular complexity index is 683. The Morgan fingerprint density at radius 3 is 2.74 bits per heavy atom. The molecule has 23 heavy (non-hydrogen) atoms. The van der Waals surface area contributed by atoms with Crippen molar-refractivity contribution in [2.45, 2.75) is 26.8 Å². The van der Waals surface area contributed by atoms with Gasteiger partial charge >= 0.3 is 6.09 Å². The van der Waals surface area contributed by atoms with Crippen LogP contribution in [0.5, 0.6) is 0 Å². The molecule has 122 valence electrons. The molecule has 8 nitrogen and oxygen atoms in total. The first-order chi connectivity index (χ1) is 11.1. The van der Waals surface area contributed by atoms with Gasteiger partial charge in [0.1, 0.15) is 6.54 Å². The van der Waals surface area contributed by atoms with Crippen LogP contribution in [0.3, 0.4) is 0 Å². The summed E-state index contributed by atoms with van der Waals surface area (Å²) in [5.74, 6) is 0.00342. The zero-order valence-corrected chi connectivity index (χ0v) is 13.1. The first kappa shape index (κ1) is 16.5. The Hall–Kier alpha value is -2.90. The molecule has 8 heteroatoms. The summed E-state index contributed by atoms with van der Waals surface area (Å²) in [6.45, 7) is 3.99. The highest BCUT2D eigenvalue weighted by atomic mass is 16.5. The van der Waals surface area contributed by atoms with E-state index in [1.54, 1.807) is 6.92 Å². The molecular weight excluding hydrogens is 298 g/mol. The van der Waals surface area contributed by atoms with Crippen molar-refractivity contribution in [3.05, 3.63) is 36.0 Å². The molecule has 2 N–H and O–H groups in total. The zero-order valence-electron chi connectivity index (χ0n) is 13.1. The fourth-order valence-corrected chi connectivity index (χ4v) is 1.99. The van der Waals surface area contributed by atoms with E-state index < -0.39 is 6.09 Å². The highest BCUT2D eigenvalue weighted by Gasteiger charge is 2.10. The molecular formula is C15H19N5O3. The van der Waals surface area contributed by atoms with Crippen molar-refractivity contribution < 1.29 is 14.3 Å². The molecule has 0 fully saturated rings. The molecule has 0 unspecified atom stereocenters. The Morgan fingerprint density at radius 1 is 1.22 bits per heavy atom. The lowest BCUT2D eigenvalue weighted by Crippen LogP contribution is -2.20. The van der Waals surface area contributed by atoms with Gasteiger partial charge in [0.15, 0.2) is 5.82 Å². The predicted molar refractivity (Wildman–Crippen MR) is 85.1 cm³/mol. The summed E-state index contributed by atoms with van der Waals surface area (Å²) >= 11 is 0. The van der Waals surface area contributed by atoms with Gasteiger partial charge in [-0.3, -0.25) is 10.1 Å². The van der Waals surface area contributed by atoms with Gasteiger partial charge in [-0.25, -0.2) is 9.48 Å². The molecule has 0 atom stereocenters. The van der Waals surface area contributed by atoms with Gasteiger partial charge in [0.25, 0.3) is 0 Å². The van der Waals surface area contributed by atoms with Crippen molar-refractivity contribution in [3.63, 3.8) is 0 Å². The number of aromatic nitrogens is 3. The van der Waals surface area contributed by atoms with Crippen LogP contribution in [0.15, 0.2) is 30.5 Å². The van der Waals surface area contributed by atoms with Crippen molar-refractivity contribution in [3.8, 4) is 0 Å². The van der Waals surface area contributed by atoms with E-state index in [9.17, 15) is 9.59 Å². The summed E-state index contributed by atoms with van der Waals surface area (Å²) in [5, 5.41) is 12.8. The van der Waals surface area contributed by atoms with Gasteiger partial charge in [-0.15, -0.1) is 5.10 Å². The summed E-state index contributed by atoms with van der Waals surface area (Å²) in [6.07, 6.45) is 1.68. The molecule has 0 aliphatic heterocycles. The minimum atomic E-state index is -0.610. The van der Waals surface area contributed by atoms with Gasteiger partial charge in [0, 0.05) is 5.69 Å². The second kappa shape index (κ2) is 7.92. The van der Waals surface area contributed by atoms with Gasteiger partial charge in [-0.1, -0.05) is 30.3 Å². The average Bonchev–Trinajstić information content (AvgIpc) is 2.94. The van der Waals surface area contributed by atoms with E-state index in [-0.39, 0.29) is 24.9 Å². The lowest BCUT2D eigenvalue weighted by Gasteiger charge is -2.09. The molecule has 1 heterocycles. The summed E-state index contributed by atoms with van der Waals surface area (Å²) < 4.78 is 6.07. The molecule has 0 aliphatic carbocycles. The monoisotopic (exact) mass is 317 g/mol. The van der Waals surface area contributed by atoms with Crippen LogP contribution >= 0.6 is 0 Å². The van der Waals surface area contributed by atoms with Crippen LogP contribution in [0, 0.1) is 0 Å². The molecule has 1 aromatic carbocycles. The summed E-state index contributed by atoms with van der Waals surface area (Å²) in [6, 6.07) is 7.61. The van der Waals surface area contributed by atoms with Crippen LogP contribution in [-0.4, -0.2) is 33.6 Å². The van der Waals surface area contributed by atoms with E-state index in [4.69, 9.17) is 4.74 Å². The second-order valence-electron chi connectivity index (χ2n) is 4.71. The quantitative estimate of drug-likeness (QED) is 0.849. The molecule has 0 radical (unpaired) electrons. The van der Waals surface area contributed by atoms with Crippen molar-refractivity contribution in [1.82, 2.24) is 15.0 Å². The summed E-state index contributed by atoms with van der Waals surface area (Å²) in [7, 11) is 0. The summed E-state index contributed by atoms with van der Waals surface area (Å²) in [4.78, 5) is 23.3. The zero-order chi connectivity index (χ0) is 16.7. The molecule has 2 aromatic rings. The van der Waals surface area contributed by atoms with Gasteiger partial charge in [0.2, 0.25) is 5.91 Å². The number of anilines is 2. The van der Waals surface area contributed by atoms with Crippen LogP contribution in [0.25, 0.3) is 0 Å². The molecule has 2 rings (SSSR count). The van der Waals surface area contributed by atoms with Crippen molar-refractivity contribution in [2.75, 3.05) is 17.2 Å². The largest absolute Gasteiger partial charge is 0.450 e. The number of nitrogens with one attached hydrogen (secondary N) is 2. The van der Waals surface area contributed by atoms with E-state index in [1.165, 1.54) is 10.9 Å². The Balaban J connectivity index is 1.93. The van der Waals surface area contributed by atoms with Crippen LogP contribution in [-0.2, 0) is 22.5 Å². The number of hydrogen-bond acceptors (Lipinski definition) is 5.